The summed E-state index contributed by atoms with van der Waals surface area (Å²) in [6.45, 7) is 4.08. The predicted molar refractivity (Wildman–Crippen MR) is 97.4 cm³/mol. The Morgan fingerprint density at radius 1 is 1.27 bits per heavy atom. The van der Waals surface area contributed by atoms with Gasteiger partial charge in [-0.15, -0.1) is 0 Å². The number of halogens is 1. The Morgan fingerprint density at radius 3 is 2.64 bits per heavy atom. The average molecular weight is 409 g/mol. The van der Waals surface area contributed by atoms with Gasteiger partial charge in [0, 0.05) is 9.13 Å². The molecule has 1 N–H and O–H groups in total. The Labute approximate surface area is 145 Å². The van der Waals surface area contributed by atoms with Crippen molar-refractivity contribution in [3.8, 4) is 5.75 Å². The molecule has 0 spiro atoms. The Hall–Kier alpha value is -1.56. The predicted octanol–water partition coefficient (Wildman–Crippen LogP) is 4.49. The molecule has 0 saturated heterocycles. The monoisotopic (exact) mass is 409 g/mol. The molecule has 3 nitrogen and oxygen atoms in total. The van der Waals surface area contributed by atoms with Crippen LogP contribution in [0.15, 0.2) is 42.5 Å². The van der Waals surface area contributed by atoms with Crippen molar-refractivity contribution in [2.45, 2.75) is 26.3 Å². The maximum absolute atomic E-state index is 12.4. The molecule has 0 heterocycles. The molecule has 0 aromatic heterocycles. The fourth-order valence-electron chi connectivity index (χ4n) is 2.41. The molecule has 0 aliphatic rings. The van der Waals surface area contributed by atoms with E-state index in [-0.39, 0.29) is 11.9 Å². The van der Waals surface area contributed by atoms with Crippen molar-refractivity contribution in [1.29, 1.82) is 0 Å². The fraction of sp³-hybridized carbons (Fsp3) is 0.278. The lowest BCUT2D eigenvalue weighted by molar-refractivity contribution is 0.0935. The van der Waals surface area contributed by atoms with Crippen LogP contribution in [0.3, 0.4) is 0 Å². The van der Waals surface area contributed by atoms with Crippen LogP contribution in [0.2, 0.25) is 0 Å². The van der Waals surface area contributed by atoms with Gasteiger partial charge in [0.15, 0.2) is 0 Å². The third-order valence-corrected chi connectivity index (χ3v) is 4.29. The minimum atomic E-state index is -0.0427. The van der Waals surface area contributed by atoms with Gasteiger partial charge >= 0.3 is 0 Å². The number of hydrogen-bond acceptors (Lipinski definition) is 2. The summed E-state index contributed by atoms with van der Waals surface area (Å²) < 4.78 is 6.34. The summed E-state index contributed by atoms with van der Waals surface area (Å²) in [6, 6.07) is 13.6. The van der Waals surface area contributed by atoms with Crippen molar-refractivity contribution < 1.29 is 9.53 Å². The van der Waals surface area contributed by atoms with E-state index < -0.39 is 0 Å². The largest absolute Gasteiger partial charge is 0.496 e. The highest BCUT2D eigenvalue weighted by Crippen LogP contribution is 2.24. The summed E-state index contributed by atoms with van der Waals surface area (Å²) in [4.78, 5) is 12.4. The molecule has 0 aliphatic carbocycles. The van der Waals surface area contributed by atoms with Crippen LogP contribution in [0.5, 0.6) is 5.75 Å². The lowest BCUT2D eigenvalue weighted by atomic mass is 10.0. The second kappa shape index (κ2) is 7.63. The summed E-state index contributed by atoms with van der Waals surface area (Å²) in [7, 11) is 1.66. The Kier molecular flexibility index (Phi) is 5.83. The molecule has 0 aliphatic heterocycles. The molecule has 0 saturated carbocycles. The minimum Gasteiger partial charge on any atom is -0.496 e. The van der Waals surface area contributed by atoms with Gasteiger partial charge in [-0.25, -0.2) is 0 Å². The molecule has 1 amide bonds. The number of benzene rings is 2. The molecule has 0 bridgehead atoms. The summed E-state index contributed by atoms with van der Waals surface area (Å²) in [5.74, 6) is 0.821. The second-order valence-electron chi connectivity index (χ2n) is 5.17. The maximum Gasteiger partial charge on any atom is 0.251 e. The zero-order valence-electron chi connectivity index (χ0n) is 13.0. The number of methoxy groups -OCH3 is 1. The van der Waals surface area contributed by atoms with Gasteiger partial charge in [-0.1, -0.05) is 25.1 Å². The van der Waals surface area contributed by atoms with Crippen LogP contribution >= 0.6 is 22.6 Å². The number of hydrogen-bond donors (Lipinski definition) is 1. The molecule has 1 atom stereocenters. The highest BCUT2D eigenvalue weighted by molar-refractivity contribution is 14.1. The van der Waals surface area contributed by atoms with Gasteiger partial charge in [-0.05, 0) is 71.3 Å². The first-order valence-corrected chi connectivity index (χ1v) is 8.34. The summed E-state index contributed by atoms with van der Waals surface area (Å²) in [5.41, 5.74) is 2.86. The van der Waals surface area contributed by atoms with Crippen LogP contribution in [-0.2, 0) is 0 Å². The molecule has 0 fully saturated rings. The van der Waals surface area contributed by atoms with Crippen LogP contribution in [0, 0.1) is 10.5 Å². The smallest absolute Gasteiger partial charge is 0.251 e. The third kappa shape index (κ3) is 4.00. The van der Waals surface area contributed by atoms with Crippen molar-refractivity contribution in [3.05, 3.63) is 62.7 Å². The zero-order valence-corrected chi connectivity index (χ0v) is 15.2. The normalized spacial score (nSPS) is 11.8. The molecule has 116 valence electrons. The Morgan fingerprint density at radius 2 is 2.05 bits per heavy atom. The third-order valence-electron chi connectivity index (χ3n) is 3.62. The van der Waals surface area contributed by atoms with Crippen LogP contribution in [0.1, 0.15) is 40.9 Å². The van der Waals surface area contributed by atoms with Gasteiger partial charge < -0.3 is 10.1 Å². The van der Waals surface area contributed by atoms with E-state index in [9.17, 15) is 4.79 Å². The van der Waals surface area contributed by atoms with E-state index in [1.807, 2.05) is 43.3 Å². The molecule has 0 radical (unpaired) electrons. The number of carbonyl (C=O) groups excluding carboxylic acids is 1. The number of rotatable bonds is 5. The quantitative estimate of drug-likeness (QED) is 0.740. The van der Waals surface area contributed by atoms with E-state index in [2.05, 4.69) is 40.9 Å². The van der Waals surface area contributed by atoms with Gasteiger partial charge in [0.05, 0.1) is 13.2 Å². The SMILES string of the molecule is CC[C@H](NC(=O)c1cccc(I)c1)c1ccc(OC)c(C)c1. The standard InChI is InChI=1S/C18H20INO2/c1-4-16(13-8-9-17(22-3)12(2)10-13)20-18(21)14-6-5-7-15(19)11-14/h5-11,16H,4H2,1-3H3,(H,20,21)/t16-/m0/s1. The second-order valence-corrected chi connectivity index (χ2v) is 6.42. The van der Waals surface area contributed by atoms with E-state index in [0.29, 0.717) is 5.56 Å². The van der Waals surface area contributed by atoms with Crippen molar-refractivity contribution in [3.63, 3.8) is 0 Å². The summed E-state index contributed by atoms with van der Waals surface area (Å²) in [5, 5.41) is 3.11. The fourth-order valence-corrected chi connectivity index (χ4v) is 2.95. The number of aryl methyl sites for hydroxylation is 1. The lowest BCUT2D eigenvalue weighted by Crippen LogP contribution is -2.28. The number of nitrogens with one attached hydrogen (secondary N) is 1. The van der Waals surface area contributed by atoms with Crippen LogP contribution in [-0.4, -0.2) is 13.0 Å². The Bertz CT molecular complexity index is 670. The molecule has 2 aromatic carbocycles. The van der Waals surface area contributed by atoms with Gasteiger partial charge in [0.25, 0.3) is 5.91 Å². The topological polar surface area (TPSA) is 38.3 Å². The first-order chi connectivity index (χ1) is 10.5. The molecular formula is C18H20INO2. The molecular weight excluding hydrogens is 389 g/mol. The van der Waals surface area contributed by atoms with Crippen LogP contribution in [0.25, 0.3) is 0 Å². The molecule has 2 aromatic rings. The van der Waals surface area contributed by atoms with Crippen molar-refractivity contribution in [2.24, 2.45) is 0 Å². The van der Waals surface area contributed by atoms with Gasteiger partial charge in [0.1, 0.15) is 5.75 Å². The van der Waals surface area contributed by atoms with Crippen molar-refractivity contribution in [2.75, 3.05) is 7.11 Å². The van der Waals surface area contributed by atoms with Crippen LogP contribution < -0.4 is 10.1 Å². The molecule has 22 heavy (non-hydrogen) atoms. The van der Waals surface area contributed by atoms with E-state index in [0.717, 1.165) is 26.9 Å². The first kappa shape index (κ1) is 16.8. The van der Waals surface area contributed by atoms with Gasteiger partial charge in [-0.3, -0.25) is 4.79 Å². The van der Waals surface area contributed by atoms with E-state index in [1.54, 1.807) is 7.11 Å². The van der Waals surface area contributed by atoms with Crippen molar-refractivity contribution in [1.82, 2.24) is 5.32 Å². The highest BCUT2D eigenvalue weighted by Gasteiger charge is 2.15. The van der Waals surface area contributed by atoms with Crippen LogP contribution in [0.4, 0.5) is 0 Å². The molecule has 4 heteroatoms. The summed E-state index contributed by atoms with van der Waals surface area (Å²) in [6.07, 6.45) is 0.835. The zero-order chi connectivity index (χ0) is 16.1. The van der Waals surface area contributed by atoms with E-state index in [1.165, 1.54) is 0 Å². The minimum absolute atomic E-state index is 0.00465. The maximum atomic E-state index is 12.4. The lowest BCUT2D eigenvalue weighted by Gasteiger charge is -2.19. The van der Waals surface area contributed by atoms with Gasteiger partial charge in [-0.2, -0.15) is 0 Å². The first-order valence-electron chi connectivity index (χ1n) is 7.26. The number of ether oxygens (including phenoxy) is 1. The molecule has 0 unspecified atom stereocenters. The Balaban J connectivity index is 2.18. The number of amides is 1. The van der Waals surface area contributed by atoms with E-state index >= 15 is 0 Å². The number of carbonyl (C=O) groups is 1. The van der Waals surface area contributed by atoms with Gasteiger partial charge in [0.2, 0.25) is 0 Å². The van der Waals surface area contributed by atoms with E-state index in [4.69, 9.17) is 4.74 Å². The highest BCUT2D eigenvalue weighted by atomic mass is 127. The average Bonchev–Trinajstić information content (AvgIpc) is 2.52. The molecule has 2 rings (SSSR count). The summed E-state index contributed by atoms with van der Waals surface area (Å²) >= 11 is 2.21. The van der Waals surface area contributed by atoms with Crippen molar-refractivity contribution >= 4 is 28.5 Å².